The summed E-state index contributed by atoms with van der Waals surface area (Å²) in [7, 11) is 3.11. The van der Waals surface area contributed by atoms with Gasteiger partial charge in [0.05, 0.1) is 18.9 Å². The molecule has 0 saturated carbocycles. The Morgan fingerprint density at radius 2 is 2.19 bits per heavy atom. The van der Waals surface area contributed by atoms with Gasteiger partial charge in [-0.15, -0.1) is 0 Å². The molecule has 0 aliphatic carbocycles. The van der Waals surface area contributed by atoms with Crippen molar-refractivity contribution in [3.8, 4) is 0 Å². The minimum atomic E-state index is -0.447. The third-order valence-electron chi connectivity index (χ3n) is 2.70. The van der Waals surface area contributed by atoms with Crippen molar-refractivity contribution in [1.82, 2.24) is 9.78 Å². The molecule has 1 aromatic carbocycles. The van der Waals surface area contributed by atoms with Gasteiger partial charge in [0.25, 0.3) is 0 Å². The number of nitrogens with one attached hydrogen (secondary N) is 1. The zero-order valence-electron chi connectivity index (χ0n) is 11.7. The second kappa shape index (κ2) is 6.51. The van der Waals surface area contributed by atoms with E-state index in [1.165, 1.54) is 13.2 Å². The number of methoxy groups -OCH3 is 1. The third-order valence-corrected chi connectivity index (χ3v) is 2.70. The number of rotatable bonds is 4. The number of carbonyl (C=O) groups is 2. The SMILES string of the molecule is COC(=O)c1cccc(NC(=O)/C=C/c2cnn(C)c2)c1. The van der Waals surface area contributed by atoms with Gasteiger partial charge in [0.15, 0.2) is 0 Å². The van der Waals surface area contributed by atoms with E-state index in [9.17, 15) is 9.59 Å². The molecule has 1 heterocycles. The van der Waals surface area contributed by atoms with E-state index < -0.39 is 5.97 Å². The number of benzene rings is 1. The Morgan fingerprint density at radius 3 is 2.86 bits per heavy atom. The molecule has 108 valence electrons. The fourth-order valence-electron chi connectivity index (χ4n) is 1.72. The van der Waals surface area contributed by atoms with Crippen LogP contribution in [0.25, 0.3) is 6.08 Å². The minimum Gasteiger partial charge on any atom is -0.465 e. The molecule has 2 rings (SSSR count). The maximum Gasteiger partial charge on any atom is 0.337 e. The summed E-state index contributed by atoms with van der Waals surface area (Å²) in [6, 6.07) is 6.55. The first-order valence-electron chi connectivity index (χ1n) is 6.24. The van der Waals surface area contributed by atoms with Gasteiger partial charge in [-0.25, -0.2) is 4.79 Å². The molecule has 6 heteroatoms. The molecule has 0 bridgehead atoms. The topological polar surface area (TPSA) is 73.2 Å². The van der Waals surface area contributed by atoms with Gasteiger partial charge in [-0.3, -0.25) is 9.48 Å². The van der Waals surface area contributed by atoms with E-state index in [0.717, 1.165) is 5.56 Å². The number of aryl methyl sites for hydroxylation is 1. The Balaban J connectivity index is 2.02. The number of nitrogens with zero attached hydrogens (tertiary/aromatic N) is 2. The number of hydrogen-bond acceptors (Lipinski definition) is 4. The molecule has 0 spiro atoms. The second-order valence-electron chi connectivity index (χ2n) is 4.34. The molecule has 21 heavy (non-hydrogen) atoms. The van der Waals surface area contributed by atoms with Crippen molar-refractivity contribution in [3.63, 3.8) is 0 Å². The number of ether oxygens (including phenoxy) is 1. The predicted octanol–water partition coefficient (Wildman–Crippen LogP) is 1.86. The molecule has 1 amide bonds. The summed E-state index contributed by atoms with van der Waals surface area (Å²) in [4.78, 5) is 23.2. The predicted molar refractivity (Wildman–Crippen MR) is 78.7 cm³/mol. The van der Waals surface area contributed by atoms with Crippen LogP contribution in [0.1, 0.15) is 15.9 Å². The van der Waals surface area contributed by atoms with Gasteiger partial charge in [0, 0.05) is 30.6 Å². The van der Waals surface area contributed by atoms with Gasteiger partial charge < -0.3 is 10.1 Å². The summed E-state index contributed by atoms with van der Waals surface area (Å²) in [5.41, 5.74) is 1.74. The first-order chi connectivity index (χ1) is 10.1. The van der Waals surface area contributed by atoms with Gasteiger partial charge in [0.2, 0.25) is 5.91 Å². The smallest absolute Gasteiger partial charge is 0.337 e. The maximum atomic E-state index is 11.8. The number of carbonyl (C=O) groups excluding carboxylic acids is 2. The molecular weight excluding hydrogens is 270 g/mol. The van der Waals surface area contributed by atoms with Crippen molar-refractivity contribution in [1.29, 1.82) is 0 Å². The van der Waals surface area contributed by atoms with Crippen molar-refractivity contribution in [3.05, 3.63) is 53.9 Å². The fraction of sp³-hybridized carbons (Fsp3) is 0.133. The van der Waals surface area contributed by atoms with Crippen molar-refractivity contribution in [2.75, 3.05) is 12.4 Å². The monoisotopic (exact) mass is 285 g/mol. The first-order valence-corrected chi connectivity index (χ1v) is 6.24. The molecule has 0 atom stereocenters. The molecule has 0 fully saturated rings. The van der Waals surface area contributed by atoms with Crippen molar-refractivity contribution < 1.29 is 14.3 Å². The van der Waals surface area contributed by atoms with Crippen LogP contribution in [-0.2, 0) is 16.6 Å². The van der Waals surface area contributed by atoms with Crippen molar-refractivity contribution in [2.45, 2.75) is 0 Å². The largest absolute Gasteiger partial charge is 0.465 e. The summed E-state index contributed by atoms with van der Waals surface area (Å²) in [6.07, 6.45) is 6.51. The summed E-state index contributed by atoms with van der Waals surface area (Å²) in [6.45, 7) is 0. The van der Waals surface area contributed by atoms with E-state index in [1.54, 1.807) is 54.5 Å². The highest BCUT2D eigenvalue weighted by atomic mass is 16.5. The van der Waals surface area contributed by atoms with E-state index in [1.807, 2.05) is 0 Å². The molecule has 0 unspecified atom stereocenters. The van der Waals surface area contributed by atoms with Crippen LogP contribution in [0, 0.1) is 0 Å². The van der Waals surface area contributed by atoms with Crippen LogP contribution in [-0.4, -0.2) is 28.8 Å². The van der Waals surface area contributed by atoms with E-state index in [4.69, 9.17) is 0 Å². The van der Waals surface area contributed by atoms with Gasteiger partial charge in [-0.05, 0) is 24.3 Å². The summed E-state index contributed by atoms with van der Waals surface area (Å²) in [5, 5.41) is 6.68. The lowest BCUT2D eigenvalue weighted by molar-refractivity contribution is -0.111. The van der Waals surface area contributed by atoms with Crippen LogP contribution in [0.4, 0.5) is 5.69 Å². The minimum absolute atomic E-state index is 0.291. The normalized spacial score (nSPS) is 10.6. The van der Waals surface area contributed by atoms with Crippen LogP contribution in [0.3, 0.4) is 0 Å². The lowest BCUT2D eigenvalue weighted by Crippen LogP contribution is -2.09. The third kappa shape index (κ3) is 4.04. The van der Waals surface area contributed by atoms with Gasteiger partial charge in [-0.2, -0.15) is 5.10 Å². The first kappa shape index (κ1) is 14.5. The van der Waals surface area contributed by atoms with Crippen LogP contribution in [0.5, 0.6) is 0 Å². The average Bonchev–Trinajstić information content (AvgIpc) is 2.90. The van der Waals surface area contributed by atoms with Crippen LogP contribution < -0.4 is 5.32 Å². The second-order valence-corrected chi connectivity index (χ2v) is 4.34. The zero-order valence-corrected chi connectivity index (χ0v) is 11.7. The number of aromatic nitrogens is 2. The number of amides is 1. The van der Waals surface area contributed by atoms with Gasteiger partial charge >= 0.3 is 5.97 Å². The molecule has 0 radical (unpaired) electrons. The Morgan fingerprint density at radius 1 is 1.38 bits per heavy atom. The fourth-order valence-corrected chi connectivity index (χ4v) is 1.72. The Kier molecular flexibility index (Phi) is 4.50. The maximum absolute atomic E-state index is 11.8. The lowest BCUT2D eigenvalue weighted by Gasteiger charge is -2.04. The van der Waals surface area contributed by atoms with Gasteiger partial charge in [-0.1, -0.05) is 6.07 Å². The zero-order chi connectivity index (χ0) is 15.2. The van der Waals surface area contributed by atoms with E-state index in [2.05, 4.69) is 15.2 Å². The highest BCUT2D eigenvalue weighted by molar-refractivity contribution is 6.02. The molecule has 2 aromatic rings. The van der Waals surface area contributed by atoms with Gasteiger partial charge in [0.1, 0.15) is 0 Å². The van der Waals surface area contributed by atoms with Crippen LogP contribution in [0.2, 0.25) is 0 Å². The van der Waals surface area contributed by atoms with Crippen LogP contribution >= 0.6 is 0 Å². The molecule has 0 aliphatic rings. The average molecular weight is 285 g/mol. The quantitative estimate of drug-likeness (QED) is 0.687. The highest BCUT2D eigenvalue weighted by Gasteiger charge is 2.06. The molecule has 6 nitrogen and oxygen atoms in total. The number of hydrogen-bond donors (Lipinski definition) is 1. The molecule has 0 aliphatic heterocycles. The number of anilines is 1. The van der Waals surface area contributed by atoms with Crippen molar-refractivity contribution >= 4 is 23.6 Å². The Bertz CT molecular complexity index is 689. The summed E-state index contributed by atoms with van der Waals surface area (Å²) in [5.74, 6) is -0.738. The van der Waals surface area contributed by atoms with E-state index in [-0.39, 0.29) is 5.91 Å². The van der Waals surface area contributed by atoms with Crippen LogP contribution in [0.15, 0.2) is 42.7 Å². The standard InChI is InChI=1S/C15H15N3O3/c1-18-10-11(9-16-18)6-7-14(19)17-13-5-3-4-12(8-13)15(20)21-2/h3-10H,1-2H3,(H,17,19)/b7-6+. The van der Waals surface area contributed by atoms with Crippen molar-refractivity contribution in [2.24, 2.45) is 7.05 Å². The highest BCUT2D eigenvalue weighted by Crippen LogP contribution is 2.11. The van der Waals surface area contributed by atoms with E-state index in [0.29, 0.717) is 11.3 Å². The summed E-state index contributed by atoms with van der Waals surface area (Å²) < 4.78 is 6.28. The van der Waals surface area contributed by atoms with E-state index >= 15 is 0 Å². The molecule has 0 saturated heterocycles. The lowest BCUT2D eigenvalue weighted by atomic mass is 10.2. The Labute approximate surface area is 122 Å². The molecule has 1 N–H and O–H groups in total. The molecule has 1 aromatic heterocycles. The molecular formula is C15H15N3O3. The summed E-state index contributed by atoms with van der Waals surface area (Å²) >= 11 is 0. The number of esters is 1. The Hall–Kier alpha value is -2.89.